The molecule has 0 heteroatoms. The first-order valence-corrected chi connectivity index (χ1v) is 10.5. The molecule has 0 nitrogen and oxygen atoms in total. The van der Waals surface area contributed by atoms with E-state index < -0.39 is 0 Å². The molecular weight excluding hydrogens is 264 g/mol. The fraction of sp³-hybridized carbons (Fsp3) is 0.909. The topological polar surface area (TPSA) is 0 Å². The second-order valence-electron chi connectivity index (χ2n) is 7.70. The van der Waals surface area contributed by atoms with Crippen LogP contribution in [0.25, 0.3) is 0 Å². The number of hydrogen-bond acceptors (Lipinski definition) is 0. The second kappa shape index (κ2) is 13.2. The van der Waals surface area contributed by atoms with E-state index in [1.165, 1.54) is 89.9 Å². The maximum absolute atomic E-state index is 2.49. The van der Waals surface area contributed by atoms with E-state index >= 15 is 0 Å². The Morgan fingerprint density at radius 2 is 1.41 bits per heavy atom. The first-order chi connectivity index (χ1) is 10.8. The Bertz CT molecular complexity index is 257. The van der Waals surface area contributed by atoms with Crippen LogP contribution < -0.4 is 0 Å². The first-order valence-electron chi connectivity index (χ1n) is 10.5. The minimum absolute atomic E-state index is 0.857. The lowest BCUT2D eigenvalue weighted by molar-refractivity contribution is 0.242. The Morgan fingerprint density at radius 1 is 0.773 bits per heavy atom. The van der Waals surface area contributed by atoms with Crippen molar-refractivity contribution in [3.8, 4) is 0 Å². The van der Waals surface area contributed by atoms with Crippen molar-refractivity contribution in [2.45, 2.75) is 111 Å². The molecule has 1 fully saturated rings. The summed E-state index contributed by atoms with van der Waals surface area (Å²) in [4.78, 5) is 0. The smallest absolute Gasteiger partial charge is 0.0234 e. The van der Waals surface area contributed by atoms with E-state index in [-0.39, 0.29) is 0 Å². The van der Waals surface area contributed by atoms with Gasteiger partial charge in [-0.3, -0.25) is 0 Å². The van der Waals surface area contributed by atoms with Crippen LogP contribution in [0, 0.1) is 17.8 Å². The summed E-state index contributed by atoms with van der Waals surface area (Å²) in [6.45, 7) is 6.89. The zero-order chi connectivity index (χ0) is 16.0. The summed E-state index contributed by atoms with van der Waals surface area (Å²) < 4.78 is 0. The molecule has 22 heavy (non-hydrogen) atoms. The highest BCUT2D eigenvalue weighted by molar-refractivity contribution is 4.87. The summed E-state index contributed by atoms with van der Waals surface area (Å²) in [7, 11) is 0. The van der Waals surface area contributed by atoms with Gasteiger partial charge in [-0.25, -0.2) is 0 Å². The molecule has 0 radical (unpaired) electrons. The normalized spacial score (nSPS) is 24.0. The maximum atomic E-state index is 2.49. The minimum Gasteiger partial charge on any atom is -0.0885 e. The van der Waals surface area contributed by atoms with Crippen molar-refractivity contribution in [1.29, 1.82) is 0 Å². The van der Waals surface area contributed by atoms with Crippen molar-refractivity contribution in [3.05, 3.63) is 12.2 Å². The fourth-order valence-corrected chi connectivity index (χ4v) is 4.20. The minimum atomic E-state index is 0.857. The third kappa shape index (κ3) is 9.01. The van der Waals surface area contributed by atoms with Crippen LogP contribution in [0.5, 0.6) is 0 Å². The largest absolute Gasteiger partial charge is 0.0885 e. The summed E-state index contributed by atoms with van der Waals surface area (Å²) in [5, 5.41) is 0. The highest BCUT2D eigenvalue weighted by Gasteiger charge is 2.20. The summed E-state index contributed by atoms with van der Waals surface area (Å²) in [5.74, 6) is 2.98. The third-order valence-electron chi connectivity index (χ3n) is 5.67. The van der Waals surface area contributed by atoms with Gasteiger partial charge in [0.25, 0.3) is 0 Å². The van der Waals surface area contributed by atoms with Crippen LogP contribution in [0.2, 0.25) is 0 Å². The van der Waals surface area contributed by atoms with Gasteiger partial charge in [-0.15, -0.1) is 0 Å². The summed E-state index contributed by atoms with van der Waals surface area (Å²) in [6.07, 6.45) is 25.1. The van der Waals surface area contributed by atoms with Crippen LogP contribution in [0.15, 0.2) is 12.2 Å². The van der Waals surface area contributed by atoms with Gasteiger partial charge in [0.05, 0.1) is 0 Å². The third-order valence-corrected chi connectivity index (χ3v) is 5.67. The maximum Gasteiger partial charge on any atom is -0.0234 e. The van der Waals surface area contributed by atoms with E-state index in [1.54, 1.807) is 0 Å². The van der Waals surface area contributed by atoms with Crippen molar-refractivity contribution in [2.75, 3.05) is 0 Å². The Hall–Kier alpha value is -0.260. The molecule has 0 aromatic rings. The van der Waals surface area contributed by atoms with Gasteiger partial charge in [0.2, 0.25) is 0 Å². The number of allylic oxidation sites excluding steroid dienone is 2. The van der Waals surface area contributed by atoms with Crippen molar-refractivity contribution in [2.24, 2.45) is 17.8 Å². The Labute approximate surface area is 141 Å². The van der Waals surface area contributed by atoms with E-state index in [2.05, 4.69) is 32.9 Å². The molecule has 1 saturated carbocycles. The molecule has 0 aromatic carbocycles. The van der Waals surface area contributed by atoms with Crippen molar-refractivity contribution < 1.29 is 0 Å². The predicted molar refractivity (Wildman–Crippen MR) is 101 cm³/mol. The molecule has 0 aromatic heterocycles. The molecule has 0 heterocycles. The average Bonchev–Trinajstić information content (AvgIpc) is 2.54. The molecule has 0 aliphatic heterocycles. The Morgan fingerprint density at radius 3 is 1.95 bits per heavy atom. The number of hydrogen-bond donors (Lipinski definition) is 0. The van der Waals surface area contributed by atoms with Crippen LogP contribution in [-0.4, -0.2) is 0 Å². The lowest BCUT2D eigenvalue weighted by Gasteiger charge is -2.28. The van der Waals surface area contributed by atoms with Crippen LogP contribution in [0.1, 0.15) is 111 Å². The molecule has 1 aliphatic rings. The molecule has 130 valence electrons. The number of rotatable bonds is 12. The molecule has 0 N–H and O–H groups in total. The van der Waals surface area contributed by atoms with Crippen molar-refractivity contribution >= 4 is 0 Å². The van der Waals surface area contributed by atoms with Gasteiger partial charge in [0.15, 0.2) is 0 Å². The molecule has 0 spiro atoms. The van der Waals surface area contributed by atoms with Crippen LogP contribution in [-0.2, 0) is 0 Å². The van der Waals surface area contributed by atoms with E-state index in [0.29, 0.717) is 0 Å². The average molecular weight is 307 g/mol. The Balaban J connectivity index is 2.11. The second-order valence-corrected chi connectivity index (χ2v) is 7.70. The highest BCUT2D eigenvalue weighted by Crippen LogP contribution is 2.35. The van der Waals surface area contributed by atoms with Gasteiger partial charge in [-0.1, -0.05) is 104 Å². The van der Waals surface area contributed by atoms with Crippen LogP contribution >= 0.6 is 0 Å². The number of unbranched alkanes of at least 4 members (excludes halogenated alkanes) is 2. The molecule has 1 rings (SSSR count). The predicted octanol–water partition coefficient (Wildman–Crippen LogP) is 7.93. The van der Waals surface area contributed by atoms with Gasteiger partial charge >= 0.3 is 0 Å². The zero-order valence-electron chi connectivity index (χ0n) is 15.8. The standard InChI is InChI=1S/C22H42/c1-4-7-9-13-21-16-18-22(19-17-21)15-10-14-20(11-6-3)12-8-5-2/h8,12,20-22H,4-7,9-11,13-19H2,1-3H3/b12-8+. The summed E-state index contributed by atoms with van der Waals surface area (Å²) in [6, 6.07) is 0. The summed E-state index contributed by atoms with van der Waals surface area (Å²) >= 11 is 0. The van der Waals surface area contributed by atoms with E-state index in [1.807, 2.05) is 0 Å². The quantitative estimate of drug-likeness (QED) is 0.254. The van der Waals surface area contributed by atoms with Gasteiger partial charge in [0.1, 0.15) is 0 Å². The van der Waals surface area contributed by atoms with Crippen molar-refractivity contribution in [3.63, 3.8) is 0 Å². The fourth-order valence-electron chi connectivity index (χ4n) is 4.20. The lowest BCUT2D eigenvalue weighted by atomic mass is 9.77. The first kappa shape index (κ1) is 19.8. The van der Waals surface area contributed by atoms with Gasteiger partial charge in [-0.2, -0.15) is 0 Å². The molecule has 0 amide bonds. The Kier molecular flexibility index (Phi) is 11.9. The van der Waals surface area contributed by atoms with Crippen LogP contribution in [0.3, 0.4) is 0 Å². The molecular formula is C22H42. The van der Waals surface area contributed by atoms with Gasteiger partial charge in [0, 0.05) is 0 Å². The highest BCUT2D eigenvalue weighted by atomic mass is 14.3. The zero-order valence-corrected chi connectivity index (χ0v) is 15.8. The molecule has 1 unspecified atom stereocenters. The molecule has 0 bridgehead atoms. The van der Waals surface area contributed by atoms with E-state index in [4.69, 9.17) is 0 Å². The summed E-state index contributed by atoms with van der Waals surface area (Å²) in [5.41, 5.74) is 0. The van der Waals surface area contributed by atoms with Gasteiger partial charge < -0.3 is 0 Å². The molecule has 1 aliphatic carbocycles. The van der Waals surface area contributed by atoms with E-state index in [9.17, 15) is 0 Å². The SMILES string of the molecule is CC/C=C/C(CCC)CCCC1CCC(CCCCC)CC1. The molecule has 1 atom stereocenters. The monoisotopic (exact) mass is 306 g/mol. The lowest BCUT2D eigenvalue weighted by Crippen LogP contribution is -2.14. The van der Waals surface area contributed by atoms with Crippen molar-refractivity contribution in [1.82, 2.24) is 0 Å². The van der Waals surface area contributed by atoms with Crippen LogP contribution in [0.4, 0.5) is 0 Å². The molecule has 0 saturated heterocycles. The van der Waals surface area contributed by atoms with E-state index in [0.717, 1.165) is 17.8 Å². The van der Waals surface area contributed by atoms with Gasteiger partial charge in [-0.05, 0) is 37.0 Å².